The first-order valence-electron chi connectivity index (χ1n) is 8.48. The molecule has 0 saturated carbocycles. The van der Waals surface area contributed by atoms with Crippen molar-refractivity contribution in [3.8, 4) is 0 Å². The van der Waals surface area contributed by atoms with Crippen molar-refractivity contribution < 1.29 is 9.72 Å². The molecule has 2 N–H and O–H groups in total. The SMILES string of the molecule is NC[C@@H]1CN(C(=O)CSc2ccc([N+](=O)[O-])cc2)C[C@H]1c1ccccc1. The van der Waals surface area contributed by atoms with Gasteiger partial charge in [-0.15, -0.1) is 11.8 Å². The third-order valence-electron chi connectivity index (χ3n) is 4.73. The molecule has 1 amide bonds. The first-order valence-corrected chi connectivity index (χ1v) is 9.47. The molecule has 2 aromatic carbocycles. The molecular formula is C19H21N3O3S. The van der Waals surface area contributed by atoms with Crippen molar-refractivity contribution in [3.63, 3.8) is 0 Å². The summed E-state index contributed by atoms with van der Waals surface area (Å²) in [4.78, 5) is 25.6. The second kappa shape index (κ2) is 8.33. The van der Waals surface area contributed by atoms with Gasteiger partial charge in [-0.1, -0.05) is 30.3 Å². The van der Waals surface area contributed by atoms with Gasteiger partial charge in [0.2, 0.25) is 5.91 Å². The highest BCUT2D eigenvalue weighted by molar-refractivity contribution is 8.00. The molecule has 1 saturated heterocycles. The fourth-order valence-electron chi connectivity index (χ4n) is 3.29. The van der Waals surface area contributed by atoms with Crippen LogP contribution < -0.4 is 5.73 Å². The van der Waals surface area contributed by atoms with Crippen molar-refractivity contribution in [1.29, 1.82) is 0 Å². The lowest BCUT2D eigenvalue weighted by Crippen LogP contribution is -2.31. The Morgan fingerprint density at radius 1 is 1.15 bits per heavy atom. The molecule has 2 atom stereocenters. The van der Waals surface area contributed by atoms with E-state index in [0.717, 1.165) is 4.90 Å². The minimum absolute atomic E-state index is 0.0525. The van der Waals surface area contributed by atoms with Gasteiger partial charge in [0, 0.05) is 36.0 Å². The molecular weight excluding hydrogens is 350 g/mol. The number of likely N-dealkylation sites (tertiary alicyclic amines) is 1. The van der Waals surface area contributed by atoms with Gasteiger partial charge in [0.25, 0.3) is 5.69 Å². The fourth-order valence-corrected chi connectivity index (χ4v) is 4.09. The van der Waals surface area contributed by atoms with Crippen molar-refractivity contribution in [2.24, 2.45) is 11.7 Å². The van der Waals surface area contributed by atoms with Crippen molar-refractivity contribution in [2.75, 3.05) is 25.4 Å². The number of nitro groups is 1. The molecule has 1 heterocycles. The van der Waals surface area contributed by atoms with Gasteiger partial charge in [0.1, 0.15) is 0 Å². The van der Waals surface area contributed by atoms with E-state index < -0.39 is 4.92 Å². The van der Waals surface area contributed by atoms with Crippen LogP contribution in [0.1, 0.15) is 11.5 Å². The van der Waals surface area contributed by atoms with Crippen LogP contribution in [0.25, 0.3) is 0 Å². The van der Waals surface area contributed by atoms with Crippen LogP contribution in [0.5, 0.6) is 0 Å². The Bertz CT molecular complexity index is 767. The van der Waals surface area contributed by atoms with Gasteiger partial charge >= 0.3 is 0 Å². The maximum Gasteiger partial charge on any atom is 0.269 e. The lowest BCUT2D eigenvalue weighted by molar-refractivity contribution is -0.384. The third kappa shape index (κ3) is 4.23. The maximum atomic E-state index is 12.6. The van der Waals surface area contributed by atoms with Crippen LogP contribution >= 0.6 is 11.8 Å². The molecule has 0 bridgehead atoms. The summed E-state index contributed by atoms with van der Waals surface area (Å²) in [6.07, 6.45) is 0. The average molecular weight is 371 g/mol. The van der Waals surface area contributed by atoms with Crippen LogP contribution in [0.2, 0.25) is 0 Å². The summed E-state index contributed by atoms with van der Waals surface area (Å²) in [7, 11) is 0. The number of non-ortho nitro benzene ring substituents is 1. The van der Waals surface area contributed by atoms with Gasteiger partial charge in [-0.3, -0.25) is 14.9 Å². The third-order valence-corrected chi connectivity index (χ3v) is 5.73. The minimum Gasteiger partial charge on any atom is -0.341 e. The number of nitrogens with two attached hydrogens (primary N) is 1. The van der Waals surface area contributed by atoms with E-state index >= 15 is 0 Å². The molecule has 26 heavy (non-hydrogen) atoms. The number of carbonyl (C=O) groups excluding carboxylic acids is 1. The monoisotopic (exact) mass is 371 g/mol. The Morgan fingerprint density at radius 2 is 1.85 bits per heavy atom. The van der Waals surface area contributed by atoms with E-state index in [1.165, 1.54) is 29.5 Å². The van der Waals surface area contributed by atoms with Crippen LogP contribution in [0, 0.1) is 16.0 Å². The number of thioether (sulfide) groups is 1. The summed E-state index contributed by atoms with van der Waals surface area (Å²) in [6.45, 7) is 1.92. The average Bonchev–Trinajstić information content (AvgIpc) is 3.11. The Balaban J connectivity index is 1.59. The number of nitro benzene ring substituents is 1. The molecule has 0 radical (unpaired) electrons. The molecule has 0 aromatic heterocycles. The predicted octanol–water partition coefficient (Wildman–Crippen LogP) is 2.89. The molecule has 0 aliphatic carbocycles. The highest BCUT2D eigenvalue weighted by Gasteiger charge is 2.35. The fraction of sp³-hybridized carbons (Fsp3) is 0.316. The second-order valence-corrected chi connectivity index (χ2v) is 7.40. The lowest BCUT2D eigenvalue weighted by atomic mass is 9.89. The number of hydrogen-bond acceptors (Lipinski definition) is 5. The highest BCUT2D eigenvalue weighted by atomic mass is 32.2. The molecule has 1 aliphatic heterocycles. The molecule has 3 rings (SSSR count). The largest absolute Gasteiger partial charge is 0.341 e. The van der Waals surface area contributed by atoms with Crippen LogP contribution in [-0.4, -0.2) is 41.1 Å². The zero-order valence-electron chi connectivity index (χ0n) is 14.3. The number of amides is 1. The van der Waals surface area contributed by atoms with Crippen LogP contribution in [0.15, 0.2) is 59.5 Å². The summed E-state index contributed by atoms with van der Waals surface area (Å²) in [6, 6.07) is 16.5. The summed E-state index contributed by atoms with van der Waals surface area (Å²) in [5, 5.41) is 10.7. The topological polar surface area (TPSA) is 89.5 Å². The number of hydrogen-bond donors (Lipinski definition) is 1. The smallest absolute Gasteiger partial charge is 0.269 e. The summed E-state index contributed by atoms with van der Waals surface area (Å²) in [5.74, 6) is 0.932. The molecule has 0 spiro atoms. The van der Waals surface area contributed by atoms with E-state index in [4.69, 9.17) is 5.73 Å². The highest BCUT2D eigenvalue weighted by Crippen LogP contribution is 2.32. The van der Waals surface area contributed by atoms with E-state index in [-0.39, 0.29) is 23.4 Å². The summed E-state index contributed by atoms with van der Waals surface area (Å²) >= 11 is 1.40. The molecule has 1 aliphatic rings. The van der Waals surface area contributed by atoms with E-state index in [1.54, 1.807) is 12.1 Å². The second-order valence-electron chi connectivity index (χ2n) is 6.35. The zero-order valence-corrected chi connectivity index (χ0v) is 15.1. The Hall–Kier alpha value is -2.38. The van der Waals surface area contributed by atoms with Gasteiger partial charge in [-0.25, -0.2) is 0 Å². The Kier molecular flexibility index (Phi) is 5.90. The summed E-state index contributed by atoms with van der Waals surface area (Å²) in [5.41, 5.74) is 7.21. The van der Waals surface area contributed by atoms with Gasteiger partial charge in [-0.2, -0.15) is 0 Å². The number of carbonyl (C=O) groups is 1. The standard InChI is InChI=1S/C19H21N3O3S/c20-10-15-11-21(12-18(15)14-4-2-1-3-5-14)19(23)13-26-17-8-6-16(7-9-17)22(24)25/h1-9,15,18H,10-13,20H2/t15-,18+/m1/s1. The van der Waals surface area contributed by atoms with Crippen molar-refractivity contribution >= 4 is 23.4 Å². The molecule has 7 heteroatoms. The van der Waals surface area contributed by atoms with Crippen molar-refractivity contribution in [2.45, 2.75) is 10.8 Å². The first-order chi connectivity index (χ1) is 12.6. The van der Waals surface area contributed by atoms with Crippen molar-refractivity contribution in [1.82, 2.24) is 4.90 Å². The van der Waals surface area contributed by atoms with Crippen LogP contribution in [0.3, 0.4) is 0 Å². The van der Waals surface area contributed by atoms with Gasteiger partial charge < -0.3 is 10.6 Å². The maximum absolute atomic E-state index is 12.6. The Morgan fingerprint density at radius 3 is 2.46 bits per heavy atom. The number of nitrogens with zero attached hydrogens (tertiary/aromatic N) is 2. The van der Waals surface area contributed by atoms with Gasteiger partial charge in [-0.05, 0) is 30.2 Å². The zero-order chi connectivity index (χ0) is 18.5. The van der Waals surface area contributed by atoms with Gasteiger partial charge in [0.15, 0.2) is 0 Å². The number of benzene rings is 2. The van der Waals surface area contributed by atoms with E-state index in [2.05, 4.69) is 12.1 Å². The first kappa shape index (κ1) is 18.4. The van der Waals surface area contributed by atoms with E-state index in [1.807, 2.05) is 23.1 Å². The quantitative estimate of drug-likeness (QED) is 0.479. The van der Waals surface area contributed by atoms with E-state index in [0.29, 0.717) is 25.4 Å². The molecule has 6 nitrogen and oxygen atoms in total. The number of rotatable bonds is 6. The van der Waals surface area contributed by atoms with Gasteiger partial charge in [0.05, 0.1) is 10.7 Å². The van der Waals surface area contributed by atoms with E-state index in [9.17, 15) is 14.9 Å². The molecule has 136 valence electrons. The predicted molar refractivity (Wildman–Crippen MR) is 102 cm³/mol. The minimum atomic E-state index is -0.430. The molecule has 2 aromatic rings. The molecule has 1 fully saturated rings. The lowest BCUT2D eigenvalue weighted by Gasteiger charge is -2.16. The summed E-state index contributed by atoms with van der Waals surface area (Å²) < 4.78 is 0. The Labute approximate surface area is 156 Å². The molecule has 0 unspecified atom stereocenters. The normalized spacial score (nSPS) is 19.5. The van der Waals surface area contributed by atoms with Crippen LogP contribution in [0.4, 0.5) is 5.69 Å². The van der Waals surface area contributed by atoms with Crippen molar-refractivity contribution in [3.05, 3.63) is 70.3 Å². The van der Waals surface area contributed by atoms with Crippen LogP contribution in [-0.2, 0) is 4.79 Å².